The third kappa shape index (κ3) is 4.86. The van der Waals surface area contributed by atoms with Gasteiger partial charge in [-0.25, -0.2) is 0 Å². The van der Waals surface area contributed by atoms with Crippen LogP contribution in [0.4, 0.5) is 0 Å². The van der Waals surface area contributed by atoms with Gasteiger partial charge in [0, 0.05) is 23.7 Å². The van der Waals surface area contributed by atoms with E-state index in [-0.39, 0.29) is 29.0 Å². The first kappa shape index (κ1) is 24.7. The molecule has 0 saturated carbocycles. The van der Waals surface area contributed by atoms with Crippen molar-refractivity contribution in [1.82, 2.24) is 24.5 Å². The van der Waals surface area contributed by atoms with Gasteiger partial charge in [0.1, 0.15) is 0 Å². The van der Waals surface area contributed by atoms with Crippen LogP contribution in [0.2, 0.25) is 0 Å². The molecule has 0 atom stereocenters. The predicted octanol–water partition coefficient (Wildman–Crippen LogP) is 4.18. The Morgan fingerprint density at radius 2 is 1.86 bits per heavy atom. The lowest BCUT2D eigenvalue weighted by atomic mass is 10.0. The standard InChI is InChI=1S/C26H29N5O3S/c1-6-11-30-24(34)19-10-9-18(23(33)27-15(2)3)13-21(19)31-25(30)28-29-26(31)35-14-22(32)20-12-16(4)7-8-17(20)5/h7-10,12-13,15H,6,11,14H2,1-5H3,(H,27,33). The van der Waals surface area contributed by atoms with Gasteiger partial charge in [-0.1, -0.05) is 36.4 Å². The van der Waals surface area contributed by atoms with Gasteiger partial charge in [-0.3, -0.25) is 23.4 Å². The van der Waals surface area contributed by atoms with Crippen LogP contribution in [0.25, 0.3) is 16.7 Å². The third-order valence-electron chi connectivity index (χ3n) is 5.73. The van der Waals surface area contributed by atoms with Crippen LogP contribution >= 0.6 is 11.8 Å². The van der Waals surface area contributed by atoms with Gasteiger partial charge in [-0.15, -0.1) is 10.2 Å². The van der Waals surface area contributed by atoms with Crippen LogP contribution in [0, 0.1) is 13.8 Å². The molecule has 0 radical (unpaired) electrons. The molecule has 9 heteroatoms. The number of amides is 1. The second-order valence-corrected chi connectivity index (χ2v) is 9.91. The predicted molar refractivity (Wildman–Crippen MR) is 139 cm³/mol. The zero-order valence-corrected chi connectivity index (χ0v) is 21.4. The highest BCUT2D eigenvalue weighted by Crippen LogP contribution is 2.24. The largest absolute Gasteiger partial charge is 0.350 e. The molecule has 0 aliphatic rings. The summed E-state index contributed by atoms with van der Waals surface area (Å²) in [6, 6.07) is 10.8. The summed E-state index contributed by atoms with van der Waals surface area (Å²) >= 11 is 1.27. The van der Waals surface area contributed by atoms with Crippen molar-refractivity contribution in [1.29, 1.82) is 0 Å². The Morgan fingerprint density at radius 1 is 1.09 bits per heavy atom. The van der Waals surface area contributed by atoms with Gasteiger partial charge in [-0.2, -0.15) is 0 Å². The molecule has 0 aliphatic heterocycles. The summed E-state index contributed by atoms with van der Waals surface area (Å²) in [7, 11) is 0. The Morgan fingerprint density at radius 3 is 2.57 bits per heavy atom. The van der Waals surface area contributed by atoms with Gasteiger partial charge >= 0.3 is 0 Å². The fourth-order valence-corrected chi connectivity index (χ4v) is 4.85. The van der Waals surface area contributed by atoms with Crippen molar-refractivity contribution < 1.29 is 9.59 Å². The van der Waals surface area contributed by atoms with Crippen molar-refractivity contribution in [3.63, 3.8) is 0 Å². The second kappa shape index (κ2) is 10.0. The first-order chi connectivity index (χ1) is 16.7. The van der Waals surface area contributed by atoms with Crippen LogP contribution < -0.4 is 10.9 Å². The highest BCUT2D eigenvalue weighted by Gasteiger charge is 2.20. The van der Waals surface area contributed by atoms with E-state index in [1.807, 2.05) is 52.8 Å². The molecule has 0 saturated heterocycles. The SMILES string of the molecule is CCCn1c(=O)c2ccc(C(=O)NC(C)C)cc2n2c(SCC(=O)c3cc(C)ccc3C)nnc12. The topological polar surface area (TPSA) is 98.4 Å². The van der Waals surface area contributed by atoms with E-state index in [4.69, 9.17) is 0 Å². The number of hydrogen-bond donors (Lipinski definition) is 1. The minimum absolute atomic E-state index is 0.00358. The van der Waals surface area contributed by atoms with E-state index in [2.05, 4.69) is 15.5 Å². The number of Topliss-reactive ketones (excluding diaryl/α,β-unsaturated/α-hetero) is 1. The maximum Gasteiger partial charge on any atom is 0.262 e. The minimum Gasteiger partial charge on any atom is -0.350 e. The Balaban J connectivity index is 1.81. The lowest BCUT2D eigenvalue weighted by Crippen LogP contribution is -2.30. The number of carbonyl (C=O) groups is 2. The molecule has 2 heterocycles. The lowest BCUT2D eigenvalue weighted by Gasteiger charge is -2.13. The first-order valence-electron chi connectivity index (χ1n) is 11.7. The smallest absolute Gasteiger partial charge is 0.262 e. The van der Waals surface area contributed by atoms with E-state index in [1.54, 1.807) is 27.2 Å². The summed E-state index contributed by atoms with van der Waals surface area (Å²) in [4.78, 5) is 38.9. The fraction of sp³-hybridized carbons (Fsp3) is 0.346. The third-order valence-corrected chi connectivity index (χ3v) is 6.66. The molecule has 4 aromatic rings. The number of nitrogens with zero attached hydrogens (tertiary/aromatic N) is 4. The van der Waals surface area contributed by atoms with Gasteiger partial charge < -0.3 is 5.32 Å². The molecule has 2 aromatic carbocycles. The van der Waals surface area contributed by atoms with Crippen molar-refractivity contribution in [2.45, 2.75) is 58.8 Å². The van der Waals surface area contributed by atoms with Gasteiger partial charge in [0.2, 0.25) is 5.78 Å². The highest BCUT2D eigenvalue weighted by atomic mass is 32.2. The normalized spacial score (nSPS) is 11.5. The molecule has 182 valence electrons. The molecular weight excluding hydrogens is 462 g/mol. The number of rotatable bonds is 8. The van der Waals surface area contributed by atoms with Crippen LogP contribution in [0.15, 0.2) is 46.3 Å². The summed E-state index contributed by atoms with van der Waals surface area (Å²) in [5, 5.41) is 12.5. The fourth-order valence-electron chi connectivity index (χ4n) is 4.03. The number of aryl methyl sites for hydroxylation is 3. The van der Waals surface area contributed by atoms with Gasteiger partial charge in [-0.05, 0) is 63.9 Å². The summed E-state index contributed by atoms with van der Waals surface area (Å²) in [5.41, 5.74) is 3.44. The summed E-state index contributed by atoms with van der Waals surface area (Å²) < 4.78 is 3.37. The summed E-state index contributed by atoms with van der Waals surface area (Å²) in [5.74, 6) is 0.344. The molecule has 0 fully saturated rings. The van der Waals surface area contributed by atoms with Crippen molar-refractivity contribution in [2.75, 3.05) is 5.75 Å². The van der Waals surface area contributed by atoms with E-state index >= 15 is 0 Å². The Hall–Kier alpha value is -3.46. The molecule has 35 heavy (non-hydrogen) atoms. The molecule has 4 rings (SSSR count). The van der Waals surface area contributed by atoms with Crippen LogP contribution in [-0.4, -0.2) is 42.7 Å². The van der Waals surface area contributed by atoms with Gasteiger partial charge in [0.05, 0.1) is 16.7 Å². The molecule has 0 aliphatic carbocycles. The molecule has 2 aromatic heterocycles. The molecule has 0 spiro atoms. The number of hydrogen-bond acceptors (Lipinski definition) is 6. The van der Waals surface area contributed by atoms with Crippen molar-refractivity contribution in [3.05, 3.63) is 69.0 Å². The number of nitrogens with one attached hydrogen (secondary N) is 1. The van der Waals surface area contributed by atoms with E-state index in [0.717, 1.165) is 17.5 Å². The maximum atomic E-state index is 13.2. The minimum atomic E-state index is -0.222. The zero-order valence-electron chi connectivity index (χ0n) is 20.6. The molecule has 1 amide bonds. The molecule has 0 bridgehead atoms. The number of aromatic nitrogens is 4. The summed E-state index contributed by atoms with van der Waals surface area (Å²) in [6.45, 7) is 10.1. The van der Waals surface area contributed by atoms with Crippen molar-refractivity contribution in [2.24, 2.45) is 0 Å². The van der Waals surface area contributed by atoms with Crippen LogP contribution in [0.1, 0.15) is 59.0 Å². The molecule has 8 nitrogen and oxygen atoms in total. The van der Waals surface area contributed by atoms with Crippen LogP contribution in [-0.2, 0) is 6.54 Å². The summed E-state index contributed by atoms with van der Waals surface area (Å²) in [6.07, 6.45) is 0.746. The maximum absolute atomic E-state index is 13.2. The van der Waals surface area contributed by atoms with E-state index < -0.39 is 0 Å². The quantitative estimate of drug-likeness (QED) is 0.293. The Kier molecular flexibility index (Phi) is 7.07. The number of thioether (sulfide) groups is 1. The van der Waals surface area contributed by atoms with E-state index in [9.17, 15) is 14.4 Å². The highest BCUT2D eigenvalue weighted by molar-refractivity contribution is 7.99. The first-order valence-corrected chi connectivity index (χ1v) is 12.7. The van der Waals surface area contributed by atoms with Gasteiger partial charge in [0.25, 0.3) is 11.5 Å². The molecule has 0 unspecified atom stereocenters. The van der Waals surface area contributed by atoms with Crippen molar-refractivity contribution >= 4 is 40.1 Å². The monoisotopic (exact) mass is 491 g/mol. The second-order valence-electron chi connectivity index (χ2n) is 8.97. The Bertz CT molecular complexity index is 1500. The zero-order chi connectivity index (χ0) is 25.3. The Labute approximate surface area is 207 Å². The molecule has 1 N–H and O–H groups in total. The lowest BCUT2D eigenvalue weighted by molar-refractivity contribution is 0.0942. The van der Waals surface area contributed by atoms with Crippen LogP contribution in [0.3, 0.4) is 0 Å². The number of benzene rings is 2. The van der Waals surface area contributed by atoms with Crippen molar-refractivity contribution in [3.8, 4) is 0 Å². The number of carbonyl (C=O) groups excluding carboxylic acids is 2. The average Bonchev–Trinajstić information content (AvgIpc) is 3.25. The average molecular weight is 492 g/mol. The number of ketones is 1. The number of fused-ring (bicyclic) bond motifs is 3. The van der Waals surface area contributed by atoms with E-state index in [1.165, 1.54) is 11.8 Å². The van der Waals surface area contributed by atoms with E-state index in [0.29, 0.717) is 39.5 Å². The van der Waals surface area contributed by atoms with Gasteiger partial charge in [0.15, 0.2) is 10.9 Å². The van der Waals surface area contributed by atoms with Crippen LogP contribution in [0.5, 0.6) is 0 Å². The molecular formula is C26H29N5O3S.